The first kappa shape index (κ1) is 31.0. The number of hydrogen-bond donors (Lipinski definition) is 2. The third-order valence-corrected chi connectivity index (χ3v) is 8.99. The molecule has 8 nitrogen and oxygen atoms in total. The lowest BCUT2D eigenvalue weighted by atomic mass is 10.0. The predicted molar refractivity (Wildman–Crippen MR) is 207 cm³/mol. The molecule has 7 aromatic rings. The van der Waals surface area contributed by atoms with Crippen LogP contribution >= 0.6 is 0 Å². The molecule has 7 heterocycles. The molecule has 9 rings (SSSR count). The van der Waals surface area contributed by atoms with E-state index in [1.54, 1.807) is 12.4 Å². The number of aromatic nitrogens is 6. The van der Waals surface area contributed by atoms with Crippen LogP contribution in [0.15, 0.2) is 134 Å². The van der Waals surface area contributed by atoms with Gasteiger partial charge in [-0.1, -0.05) is 72.8 Å². The minimum atomic E-state index is 0.315. The topological polar surface area (TPSA) is 102 Å². The first-order valence-corrected chi connectivity index (χ1v) is 17.1. The van der Waals surface area contributed by atoms with E-state index < -0.39 is 0 Å². The maximum atomic E-state index is 6.63. The van der Waals surface area contributed by atoms with E-state index in [2.05, 4.69) is 68.5 Å². The Morgan fingerprint density at radius 3 is 1.33 bits per heavy atom. The molecule has 8 heteroatoms. The van der Waals surface area contributed by atoms with E-state index in [0.29, 0.717) is 36.1 Å². The molecule has 0 spiro atoms. The van der Waals surface area contributed by atoms with Gasteiger partial charge in [-0.15, -0.1) is 0 Å². The fourth-order valence-corrected chi connectivity index (χ4v) is 6.55. The van der Waals surface area contributed by atoms with Crippen molar-refractivity contribution in [1.82, 2.24) is 29.9 Å². The minimum Gasteiger partial charge on any atom is -0.484 e. The Labute approximate surface area is 299 Å². The lowest BCUT2D eigenvalue weighted by molar-refractivity contribution is 0.302. The third-order valence-electron chi connectivity index (χ3n) is 8.99. The average Bonchev–Trinajstić information content (AvgIpc) is 4.04. The Balaban J connectivity index is 1.35. The lowest BCUT2D eigenvalue weighted by Crippen LogP contribution is -1.99. The summed E-state index contributed by atoms with van der Waals surface area (Å²) in [6.07, 6.45) is 15.2. The predicted octanol–water partition coefficient (Wildman–Crippen LogP) is 9.94. The molecule has 52 heavy (non-hydrogen) atoms. The quantitative estimate of drug-likeness (QED) is 0.166. The van der Waals surface area contributed by atoms with Crippen LogP contribution in [0.25, 0.3) is 68.6 Å². The summed E-state index contributed by atoms with van der Waals surface area (Å²) in [5, 5.41) is 0. The fraction of sp³-hybridized carbons (Fsp3) is 0.0455. The van der Waals surface area contributed by atoms with E-state index in [1.165, 1.54) is 0 Å². The number of nitrogens with one attached hydrogen (secondary N) is 2. The van der Waals surface area contributed by atoms with Gasteiger partial charge in [0, 0.05) is 58.1 Å². The highest BCUT2D eigenvalue weighted by atomic mass is 16.5. The number of ether oxygens (including phenoxy) is 2. The molecular weight excluding hydrogens is 645 g/mol. The van der Waals surface area contributed by atoms with Gasteiger partial charge in [0.2, 0.25) is 0 Å². The second kappa shape index (κ2) is 13.7. The number of H-pyrrole nitrogens is 2. The van der Waals surface area contributed by atoms with Crippen LogP contribution in [0.3, 0.4) is 0 Å². The van der Waals surface area contributed by atoms with E-state index in [9.17, 15) is 0 Å². The summed E-state index contributed by atoms with van der Waals surface area (Å²) in [4.78, 5) is 26.4. The average molecular weight is 677 g/mol. The SMILES string of the molecule is C1=Cc2nc1c(OCc1cccnc1)c1nc(c(-c3ccccc3)c3ccc([nH]3)c(OCc3cccnc3)c3ccc([nH]3)c2-c2ccccc2)C=C1. The molecule has 250 valence electrons. The summed E-state index contributed by atoms with van der Waals surface area (Å²) >= 11 is 0. The van der Waals surface area contributed by atoms with Crippen LogP contribution in [0.1, 0.15) is 33.9 Å². The zero-order chi connectivity index (χ0) is 34.7. The van der Waals surface area contributed by atoms with Crippen LogP contribution in [0.5, 0.6) is 11.5 Å². The third kappa shape index (κ3) is 6.14. The summed E-state index contributed by atoms with van der Waals surface area (Å²) in [7, 11) is 0. The van der Waals surface area contributed by atoms with Gasteiger partial charge in [0.25, 0.3) is 0 Å². The van der Waals surface area contributed by atoms with Crippen LogP contribution in [-0.4, -0.2) is 29.9 Å². The Kier molecular flexibility index (Phi) is 8.15. The maximum Gasteiger partial charge on any atom is 0.171 e. The molecule has 8 bridgehead atoms. The van der Waals surface area contributed by atoms with E-state index >= 15 is 0 Å². The molecule has 0 aliphatic carbocycles. The Hall–Kier alpha value is -7.06. The number of pyridine rings is 2. The van der Waals surface area contributed by atoms with Gasteiger partial charge >= 0.3 is 0 Å². The van der Waals surface area contributed by atoms with Gasteiger partial charge in [0.15, 0.2) is 11.5 Å². The highest BCUT2D eigenvalue weighted by Gasteiger charge is 2.19. The molecule has 2 aliphatic rings. The van der Waals surface area contributed by atoms with E-state index in [-0.39, 0.29) is 0 Å². The van der Waals surface area contributed by atoms with Crippen molar-refractivity contribution < 1.29 is 9.47 Å². The van der Waals surface area contributed by atoms with Gasteiger partial charge in [0.05, 0.1) is 22.4 Å². The highest BCUT2D eigenvalue weighted by Crippen LogP contribution is 2.37. The number of hydrogen-bond acceptors (Lipinski definition) is 6. The van der Waals surface area contributed by atoms with Gasteiger partial charge in [-0.05, 0) is 71.8 Å². The van der Waals surface area contributed by atoms with Gasteiger partial charge < -0.3 is 19.4 Å². The molecule has 0 unspecified atom stereocenters. The molecule has 0 saturated carbocycles. The molecular formula is C44H32N6O2. The number of rotatable bonds is 8. The van der Waals surface area contributed by atoms with Crippen molar-refractivity contribution >= 4 is 46.4 Å². The minimum absolute atomic E-state index is 0.315. The zero-order valence-electron chi connectivity index (χ0n) is 28.0. The van der Waals surface area contributed by atoms with Gasteiger partial charge in [-0.3, -0.25) is 9.97 Å². The zero-order valence-corrected chi connectivity index (χ0v) is 28.0. The Bertz CT molecular complexity index is 2480. The van der Waals surface area contributed by atoms with Crippen molar-refractivity contribution in [3.8, 4) is 33.8 Å². The number of fused-ring (bicyclic) bond motifs is 8. The normalized spacial score (nSPS) is 11.8. The monoisotopic (exact) mass is 676 g/mol. The van der Waals surface area contributed by atoms with Crippen molar-refractivity contribution in [1.29, 1.82) is 0 Å². The summed E-state index contributed by atoms with van der Waals surface area (Å²) in [6, 6.07) is 36.7. The molecule has 2 aliphatic heterocycles. The van der Waals surface area contributed by atoms with E-state index in [4.69, 9.17) is 19.4 Å². The van der Waals surface area contributed by atoms with E-state index in [1.807, 2.05) is 97.4 Å². The Morgan fingerprint density at radius 2 is 0.865 bits per heavy atom. The first-order valence-electron chi connectivity index (χ1n) is 17.1. The van der Waals surface area contributed by atoms with Gasteiger partial charge in [-0.2, -0.15) is 0 Å². The molecule has 0 radical (unpaired) electrons. The summed E-state index contributed by atoms with van der Waals surface area (Å²) in [6.45, 7) is 0.658. The van der Waals surface area contributed by atoms with Crippen molar-refractivity contribution in [3.63, 3.8) is 0 Å². The Morgan fingerprint density at radius 1 is 0.423 bits per heavy atom. The van der Waals surface area contributed by atoms with Gasteiger partial charge in [0.1, 0.15) is 24.6 Å². The van der Waals surface area contributed by atoms with Crippen LogP contribution in [0, 0.1) is 0 Å². The number of benzene rings is 2. The molecule has 2 aromatic carbocycles. The van der Waals surface area contributed by atoms with Crippen molar-refractivity contribution in [2.45, 2.75) is 13.2 Å². The van der Waals surface area contributed by atoms with Crippen molar-refractivity contribution in [2.24, 2.45) is 0 Å². The largest absolute Gasteiger partial charge is 0.484 e. The number of nitrogens with zero attached hydrogens (tertiary/aromatic N) is 4. The summed E-state index contributed by atoms with van der Waals surface area (Å²) in [5.41, 5.74) is 12.3. The summed E-state index contributed by atoms with van der Waals surface area (Å²) in [5.74, 6) is 1.27. The standard InChI is InChI=1S/C44H32N6O2/c1-3-11-31(12-4-1)41-33-15-19-37(47-33)43(51-27-29-9-7-23-45-25-29)39-21-17-35(49-39)42(32-13-5-2-6-14-32)36-18-22-40(50-36)44(38-20-16-34(41)48-38)52-28-30-10-8-24-46-26-30/h1-26,47,49H,27-28H2. The molecule has 0 saturated heterocycles. The molecule has 0 fully saturated rings. The molecule has 0 atom stereocenters. The smallest absolute Gasteiger partial charge is 0.171 e. The number of aromatic amines is 2. The first-order chi connectivity index (χ1) is 25.8. The van der Waals surface area contributed by atoms with Gasteiger partial charge in [-0.25, -0.2) is 9.97 Å². The van der Waals surface area contributed by atoms with Crippen molar-refractivity contribution in [2.75, 3.05) is 0 Å². The van der Waals surface area contributed by atoms with Crippen molar-refractivity contribution in [3.05, 3.63) is 168 Å². The molecule has 0 amide bonds. The fourth-order valence-electron chi connectivity index (χ4n) is 6.55. The second-order valence-electron chi connectivity index (χ2n) is 12.4. The maximum absolute atomic E-state index is 6.63. The lowest BCUT2D eigenvalue weighted by Gasteiger charge is -2.09. The second-order valence-corrected chi connectivity index (χ2v) is 12.4. The van der Waals surface area contributed by atoms with E-state index in [0.717, 1.165) is 66.8 Å². The molecule has 5 aromatic heterocycles. The van der Waals surface area contributed by atoms with Crippen LogP contribution in [0.2, 0.25) is 0 Å². The molecule has 2 N–H and O–H groups in total. The van der Waals surface area contributed by atoms with Crippen LogP contribution in [0.4, 0.5) is 0 Å². The highest BCUT2D eigenvalue weighted by molar-refractivity contribution is 5.95. The van der Waals surface area contributed by atoms with Crippen LogP contribution < -0.4 is 9.47 Å². The van der Waals surface area contributed by atoms with Crippen LogP contribution in [-0.2, 0) is 13.2 Å². The summed E-state index contributed by atoms with van der Waals surface area (Å²) < 4.78 is 13.2.